The SMILES string of the molecule is C[C@@H](O)c1cccc(F)c1N1CCN(C)CC1. The molecule has 0 unspecified atom stereocenters. The molecular weight excluding hydrogens is 219 g/mol. The molecule has 0 amide bonds. The van der Waals surface area contributed by atoms with Gasteiger partial charge in [-0.25, -0.2) is 4.39 Å². The summed E-state index contributed by atoms with van der Waals surface area (Å²) < 4.78 is 13.9. The molecule has 94 valence electrons. The van der Waals surface area contributed by atoms with E-state index >= 15 is 0 Å². The molecule has 3 nitrogen and oxygen atoms in total. The van der Waals surface area contributed by atoms with E-state index < -0.39 is 6.10 Å². The Balaban J connectivity index is 2.30. The highest BCUT2D eigenvalue weighted by Gasteiger charge is 2.21. The summed E-state index contributed by atoms with van der Waals surface area (Å²) in [7, 11) is 2.06. The molecule has 1 aliphatic heterocycles. The van der Waals surface area contributed by atoms with Crippen molar-refractivity contribution in [3.05, 3.63) is 29.6 Å². The number of hydrogen-bond donors (Lipinski definition) is 1. The third kappa shape index (κ3) is 2.58. The second-order valence-electron chi connectivity index (χ2n) is 4.64. The van der Waals surface area contributed by atoms with Crippen LogP contribution in [0.3, 0.4) is 0 Å². The first-order valence-electron chi connectivity index (χ1n) is 5.99. The van der Waals surface area contributed by atoms with Crippen LogP contribution >= 0.6 is 0 Å². The van der Waals surface area contributed by atoms with Crippen molar-refractivity contribution in [3.63, 3.8) is 0 Å². The second kappa shape index (κ2) is 5.02. The van der Waals surface area contributed by atoms with Crippen molar-refractivity contribution in [3.8, 4) is 0 Å². The molecule has 1 heterocycles. The van der Waals surface area contributed by atoms with Gasteiger partial charge in [0.05, 0.1) is 11.8 Å². The van der Waals surface area contributed by atoms with Gasteiger partial charge < -0.3 is 14.9 Å². The van der Waals surface area contributed by atoms with E-state index in [2.05, 4.69) is 11.9 Å². The maximum absolute atomic E-state index is 13.9. The van der Waals surface area contributed by atoms with Crippen molar-refractivity contribution in [2.45, 2.75) is 13.0 Å². The van der Waals surface area contributed by atoms with Gasteiger partial charge in [-0.1, -0.05) is 12.1 Å². The van der Waals surface area contributed by atoms with Crippen LogP contribution in [-0.4, -0.2) is 43.2 Å². The number of benzene rings is 1. The summed E-state index contributed by atoms with van der Waals surface area (Å²) in [6, 6.07) is 4.90. The normalized spacial score (nSPS) is 19.4. The molecule has 0 bridgehead atoms. The van der Waals surface area contributed by atoms with Crippen LogP contribution in [0.5, 0.6) is 0 Å². The molecule has 1 saturated heterocycles. The summed E-state index contributed by atoms with van der Waals surface area (Å²) in [5, 5.41) is 9.71. The first kappa shape index (κ1) is 12.3. The van der Waals surface area contributed by atoms with Crippen LogP contribution in [0.2, 0.25) is 0 Å². The zero-order valence-electron chi connectivity index (χ0n) is 10.4. The summed E-state index contributed by atoms with van der Waals surface area (Å²) in [6.45, 7) is 5.13. The number of halogens is 1. The van der Waals surface area contributed by atoms with Gasteiger partial charge in [-0.15, -0.1) is 0 Å². The van der Waals surface area contributed by atoms with Crippen LogP contribution in [0.25, 0.3) is 0 Å². The molecule has 17 heavy (non-hydrogen) atoms. The lowest BCUT2D eigenvalue weighted by Gasteiger charge is -2.35. The maximum atomic E-state index is 13.9. The summed E-state index contributed by atoms with van der Waals surface area (Å²) >= 11 is 0. The van der Waals surface area contributed by atoms with Gasteiger partial charge in [-0.05, 0) is 20.0 Å². The number of nitrogens with zero attached hydrogens (tertiary/aromatic N) is 2. The van der Waals surface area contributed by atoms with Crippen LogP contribution in [0.4, 0.5) is 10.1 Å². The fourth-order valence-corrected chi connectivity index (χ4v) is 2.23. The molecule has 1 aromatic carbocycles. The summed E-state index contributed by atoms with van der Waals surface area (Å²) in [5.41, 5.74) is 1.24. The van der Waals surface area contributed by atoms with Gasteiger partial charge in [0, 0.05) is 31.7 Å². The molecule has 1 fully saturated rings. The largest absolute Gasteiger partial charge is 0.389 e. The summed E-state index contributed by atoms with van der Waals surface area (Å²) in [4.78, 5) is 4.25. The summed E-state index contributed by atoms with van der Waals surface area (Å²) in [5.74, 6) is -0.243. The highest BCUT2D eigenvalue weighted by molar-refractivity contribution is 5.56. The van der Waals surface area contributed by atoms with E-state index in [1.165, 1.54) is 6.07 Å². The zero-order chi connectivity index (χ0) is 12.4. The van der Waals surface area contributed by atoms with E-state index in [1.54, 1.807) is 19.1 Å². The number of rotatable bonds is 2. The van der Waals surface area contributed by atoms with Gasteiger partial charge in [0.25, 0.3) is 0 Å². The van der Waals surface area contributed by atoms with E-state index in [0.29, 0.717) is 11.3 Å². The molecular formula is C13H19FN2O. The highest BCUT2D eigenvalue weighted by Crippen LogP contribution is 2.29. The minimum absolute atomic E-state index is 0.243. The maximum Gasteiger partial charge on any atom is 0.146 e. The number of piperazine rings is 1. The van der Waals surface area contributed by atoms with Crippen molar-refractivity contribution in [1.82, 2.24) is 4.90 Å². The number of aliphatic hydroxyl groups excluding tert-OH is 1. The molecule has 1 aromatic rings. The van der Waals surface area contributed by atoms with Crippen LogP contribution in [0, 0.1) is 5.82 Å². The molecule has 0 spiro atoms. The van der Waals surface area contributed by atoms with Crippen LogP contribution in [-0.2, 0) is 0 Å². The van der Waals surface area contributed by atoms with E-state index in [-0.39, 0.29) is 5.82 Å². The van der Waals surface area contributed by atoms with Gasteiger partial charge in [0.1, 0.15) is 5.82 Å². The van der Waals surface area contributed by atoms with Gasteiger partial charge in [0.2, 0.25) is 0 Å². The molecule has 0 aromatic heterocycles. The van der Waals surface area contributed by atoms with Crippen LogP contribution in [0.15, 0.2) is 18.2 Å². The number of aliphatic hydroxyl groups is 1. The third-order valence-electron chi connectivity index (χ3n) is 3.29. The second-order valence-corrected chi connectivity index (χ2v) is 4.64. The smallest absolute Gasteiger partial charge is 0.146 e. The topological polar surface area (TPSA) is 26.7 Å². The van der Waals surface area contributed by atoms with E-state index in [4.69, 9.17) is 0 Å². The Morgan fingerprint density at radius 1 is 1.24 bits per heavy atom. The Labute approximate surface area is 101 Å². The Morgan fingerprint density at radius 2 is 1.88 bits per heavy atom. The van der Waals surface area contributed by atoms with E-state index in [9.17, 15) is 9.50 Å². The Morgan fingerprint density at radius 3 is 2.47 bits per heavy atom. The molecule has 2 rings (SSSR count). The number of likely N-dealkylation sites (N-methyl/N-ethyl adjacent to an activating group) is 1. The first-order chi connectivity index (χ1) is 8.09. The van der Waals surface area contributed by atoms with Gasteiger partial charge in [-0.2, -0.15) is 0 Å². The molecule has 0 radical (unpaired) electrons. The van der Waals surface area contributed by atoms with Crippen LogP contribution < -0.4 is 4.90 Å². The van der Waals surface area contributed by atoms with Crippen molar-refractivity contribution in [2.75, 3.05) is 38.1 Å². The molecule has 1 atom stereocenters. The first-order valence-corrected chi connectivity index (χ1v) is 5.99. The quantitative estimate of drug-likeness (QED) is 0.848. The van der Waals surface area contributed by atoms with Gasteiger partial charge in [0.15, 0.2) is 0 Å². The van der Waals surface area contributed by atoms with E-state index in [1.807, 2.05) is 4.90 Å². The lowest BCUT2D eigenvalue weighted by atomic mass is 10.1. The van der Waals surface area contributed by atoms with Crippen molar-refractivity contribution in [1.29, 1.82) is 0 Å². The third-order valence-corrected chi connectivity index (χ3v) is 3.29. The standard InChI is InChI=1S/C13H19FN2O/c1-10(17)11-4-3-5-12(14)13(11)16-8-6-15(2)7-9-16/h3-5,10,17H,6-9H2,1-2H3/t10-/m1/s1. The van der Waals surface area contributed by atoms with Gasteiger partial charge in [-0.3, -0.25) is 0 Å². The number of anilines is 1. The molecule has 1 aliphatic rings. The lowest BCUT2D eigenvalue weighted by molar-refractivity contribution is 0.198. The average Bonchev–Trinajstić information content (AvgIpc) is 2.30. The predicted octanol–water partition coefficient (Wildman–Crippen LogP) is 1.63. The Bertz CT molecular complexity index is 387. The molecule has 1 N–H and O–H groups in total. The average molecular weight is 238 g/mol. The zero-order valence-corrected chi connectivity index (χ0v) is 10.4. The fourth-order valence-electron chi connectivity index (χ4n) is 2.23. The molecule has 0 aliphatic carbocycles. The van der Waals surface area contributed by atoms with Crippen LogP contribution in [0.1, 0.15) is 18.6 Å². The van der Waals surface area contributed by atoms with Crippen molar-refractivity contribution >= 4 is 5.69 Å². The molecule has 4 heteroatoms. The fraction of sp³-hybridized carbons (Fsp3) is 0.538. The van der Waals surface area contributed by atoms with Crippen molar-refractivity contribution < 1.29 is 9.50 Å². The summed E-state index contributed by atoms with van der Waals surface area (Å²) in [6.07, 6.45) is -0.639. The van der Waals surface area contributed by atoms with Gasteiger partial charge >= 0.3 is 0 Å². The number of para-hydroxylation sites is 1. The van der Waals surface area contributed by atoms with E-state index in [0.717, 1.165) is 26.2 Å². The Kier molecular flexibility index (Phi) is 3.64. The lowest BCUT2D eigenvalue weighted by Crippen LogP contribution is -2.45. The predicted molar refractivity (Wildman–Crippen MR) is 66.7 cm³/mol. The monoisotopic (exact) mass is 238 g/mol. The minimum atomic E-state index is -0.639. The molecule has 0 saturated carbocycles. The highest BCUT2D eigenvalue weighted by atomic mass is 19.1. The Hall–Kier alpha value is -1.13. The number of hydrogen-bond acceptors (Lipinski definition) is 3. The minimum Gasteiger partial charge on any atom is -0.389 e. The van der Waals surface area contributed by atoms with Crippen molar-refractivity contribution in [2.24, 2.45) is 0 Å².